The first kappa shape index (κ1) is 18.5. The Bertz CT molecular complexity index is 678. The number of aryl methyl sites for hydroxylation is 1. The average Bonchev–Trinajstić information content (AvgIpc) is 3.18. The Morgan fingerprint density at radius 3 is 2.04 bits per heavy atom. The van der Waals surface area contributed by atoms with E-state index in [2.05, 4.69) is 36.1 Å². The maximum Gasteiger partial charge on any atom is 0.181 e. The number of hydrogen-bond donors (Lipinski definition) is 1. The summed E-state index contributed by atoms with van der Waals surface area (Å²) in [7, 11) is -2.68. The van der Waals surface area contributed by atoms with Crippen molar-refractivity contribution in [2.75, 3.05) is 7.05 Å². The maximum absolute atomic E-state index is 12.4. The van der Waals surface area contributed by atoms with Crippen molar-refractivity contribution in [1.29, 1.82) is 0 Å². The van der Waals surface area contributed by atoms with Crippen LogP contribution < -0.4 is 14.0 Å². The molecule has 1 fully saturated rings. The Balaban J connectivity index is 0.000000368. The van der Waals surface area contributed by atoms with E-state index in [1.54, 1.807) is 0 Å². The second-order valence-corrected chi connectivity index (χ2v) is 6.38. The fourth-order valence-corrected chi connectivity index (χ4v) is 2.62. The van der Waals surface area contributed by atoms with Crippen molar-refractivity contribution >= 4 is 5.78 Å². The van der Waals surface area contributed by atoms with Gasteiger partial charge in [0.15, 0.2) is 5.78 Å². The monoisotopic (exact) mass is 351 g/mol. The number of rotatable bonds is 3. The lowest BCUT2D eigenvalue weighted by Gasteiger charge is -2.03. The topological polar surface area (TPSA) is 109 Å². The summed E-state index contributed by atoms with van der Waals surface area (Å²) in [5.41, 5.74) is 3.27. The Morgan fingerprint density at radius 2 is 1.54 bits per heavy atom. The summed E-state index contributed by atoms with van der Waals surface area (Å²) in [5.74, 6) is 0.216. The van der Waals surface area contributed by atoms with Crippen LogP contribution in [0.15, 0.2) is 54.6 Å². The van der Waals surface area contributed by atoms with Crippen molar-refractivity contribution < 1.29 is 33.7 Å². The van der Waals surface area contributed by atoms with Crippen molar-refractivity contribution in [3.05, 3.63) is 71.3 Å². The maximum atomic E-state index is 12.4. The molecule has 128 valence electrons. The van der Waals surface area contributed by atoms with Crippen LogP contribution in [0.3, 0.4) is 0 Å². The van der Waals surface area contributed by atoms with E-state index in [4.69, 9.17) is 18.6 Å². The van der Waals surface area contributed by atoms with Crippen LogP contribution in [-0.4, -0.2) is 28.4 Å². The van der Waals surface area contributed by atoms with Gasteiger partial charge in [-0.2, -0.15) is 14.0 Å². The number of hydrogen-bond acceptors (Lipinski definition) is 6. The van der Waals surface area contributed by atoms with Crippen molar-refractivity contribution in [2.45, 2.75) is 19.0 Å². The second-order valence-electron chi connectivity index (χ2n) is 5.59. The third-order valence-electron chi connectivity index (χ3n) is 3.83. The number of nitrogens with zero attached hydrogens (tertiary/aromatic N) is 1. The molecule has 1 N–H and O–H groups in total. The number of benzene rings is 2. The molecule has 24 heavy (non-hydrogen) atoms. The Labute approximate surface area is 142 Å². The smallest absolute Gasteiger partial charge is 0.181 e. The highest BCUT2D eigenvalue weighted by Crippen LogP contribution is 2.42. The summed E-state index contributed by atoms with van der Waals surface area (Å²) < 4.78 is 32.7. The summed E-state index contributed by atoms with van der Waals surface area (Å²) in [5, 5.41) is 0. The molecule has 3 atom stereocenters. The first-order valence-corrected chi connectivity index (χ1v) is 8.46. The van der Waals surface area contributed by atoms with Crippen LogP contribution in [0.4, 0.5) is 0 Å². The molecule has 1 heterocycles. The lowest BCUT2D eigenvalue weighted by Crippen LogP contribution is -2.58. The van der Waals surface area contributed by atoms with Gasteiger partial charge >= 0.3 is 0 Å². The second kappa shape index (κ2) is 7.40. The first-order valence-electron chi connectivity index (χ1n) is 7.19. The van der Waals surface area contributed by atoms with Gasteiger partial charge in [0.2, 0.25) is 0 Å². The van der Waals surface area contributed by atoms with E-state index < -0.39 is 10.2 Å². The van der Waals surface area contributed by atoms with E-state index in [-0.39, 0.29) is 17.9 Å². The van der Waals surface area contributed by atoms with Gasteiger partial charge in [-0.3, -0.25) is 9.69 Å². The number of carbonyl (C=O) groups excluding carboxylic acids is 1. The molecule has 0 aromatic heterocycles. The SMILES string of the molecule is Cc1ccc(C2C(C(=O)c3ccccc3)N2C)cc1.[O-][Cl+3]([O-])([O-])O. The van der Waals surface area contributed by atoms with E-state index >= 15 is 0 Å². The zero-order valence-electron chi connectivity index (χ0n) is 13.3. The predicted octanol–water partition coefficient (Wildman–Crippen LogP) is -0.891. The van der Waals surface area contributed by atoms with Gasteiger partial charge in [0.1, 0.15) is 0 Å². The summed E-state index contributed by atoms with van der Waals surface area (Å²) in [6.45, 7) is 2.08. The van der Waals surface area contributed by atoms with Crippen LogP contribution in [0, 0.1) is 17.2 Å². The number of carbonyl (C=O) groups is 1. The summed E-state index contributed by atoms with van der Waals surface area (Å²) >= 11 is 0. The van der Waals surface area contributed by atoms with Crippen molar-refractivity contribution in [3.63, 3.8) is 0 Å². The molecule has 3 unspecified atom stereocenters. The van der Waals surface area contributed by atoms with E-state index in [0.29, 0.717) is 0 Å². The van der Waals surface area contributed by atoms with Gasteiger partial charge in [-0.1, -0.05) is 60.2 Å². The minimum Gasteiger partial charge on any atom is -0.292 e. The van der Waals surface area contributed by atoms with Crippen LogP contribution in [0.2, 0.25) is 0 Å². The molecule has 0 bridgehead atoms. The molecule has 7 heteroatoms. The third-order valence-corrected chi connectivity index (χ3v) is 3.83. The van der Waals surface area contributed by atoms with E-state index in [0.717, 1.165) is 5.56 Å². The van der Waals surface area contributed by atoms with Gasteiger partial charge in [-0.25, -0.2) is 0 Å². The molecule has 0 amide bonds. The number of ketones is 1. The first-order chi connectivity index (χ1) is 11.2. The zero-order chi connectivity index (χ0) is 17.9. The minimum absolute atomic E-state index is 0.00916. The molecule has 1 saturated heterocycles. The molecular weight excluding hydrogens is 334 g/mol. The number of halogens is 1. The Morgan fingerprint density at radius 1 is 1.04 bits per heavy atom. The number of Topliss-reactive ketones (excluding diaryl/α,β-unsaturated/α-hetero) is 1. The molecule has 0 saturated carbocycles. The van der Waals surface area contributed by atoms with Gasteiger partial charge in [-0.15, -0.1) is 0 Å². The molecular formula is C17H18ClNO5. The lowest BCUT2D eigenvalue weighted by molar-refractivity contribution is -1.92. The van der Waals surface area contributed by atoms with Gasteiger partial charge < -0.3 is 0 Å². The van der Waals surface area contributed by atoms with Crippen LogP contribution in [0.25, 0.3) is 0 Å². The molecule has 2 aromatic carbocycles. The van der Waals surface area contributed by atoms with Gasteiger partial charge in [0.25, 0.3) is 0 Å². The van der Waals surface area contributed by atoms with Gasteiger partial charge in [0, 0.05) is 5.56 Å². The van der Waals surface area contributed by atoms with E-state index in [9.17, 15) is 4.79 Å². The standard InChI is InChI=1S/C17H17NO.ClHO4/c1-12-8-10-13(11-9-12)15-16(18(15)2)17(19)14-6-4-3-5-7-14;2-1(3,4)5/h3-11,15-16H,1-2H3;(H,2,3,4,5). The average molecular weight is 352 g/mol. The molecule has 1 aliphatic heterocycles. The quantitative estimate of drug-likeness (QED) is 0.567. The van der Waals surface area contributed by atoms with Crippen LogP contribution in [0.1, 0.15) is 27.5 Å². The normalized spacial score (nSPS) is 22.3. The molecule has 0 spiro atoms. The van der Waals surface area contributed by atoms with Crippen molar-refractivity contribution in [2.24, 2.45) is 0 Å². The highest BCUT2D eigenvalue weighted by Gasteiger charge is 2.50. The Kier molecular flexibility index (Phi) is 5.71. The summed E-state index contributed by atoms with van der Waals surface area (Å²) in [6.07, 6.45) is 0. The molecule has 2 aromatic rings. The van der Waals surface area contributed by atoms with E-state index in [1.807, 2.05) is 37.4 Å². The zero-order valence-corrected chi connectivity index (χ0v) is 14.0. The van der Waals surface area contributed by atoms with Crippen LogP contribution >= 0.6 is 0 Å². The number of likely N-dealkylation sites (N-methyl/N-ethyl adjacent to an activating group) is 1. The summed E-state index contributed by atoms with van der Waals surface area (Å²) in [6, 6.07) is 18.2. The van der Waals surface area contributed by atoms with Crippen LogP contribution in [0.5, 0.6) is 0 Å². The largest absolute Gasteiger partial charge is 0.292 e. The highest BCUT2D eigenvalue weighted by atomic mass is 35.7. The third kappa shape index (κ3) is 5.10. The van der Waals surface area contributed by atoms with Gasteiger partial charge in [0.05, 0.1) is 27.0 Å². The Hall–Kier alpha value is -1.80. The minimum atomic E-state index is -4.69. The lowest BCUT2D eigenvalue weighted by atomic mass is 10.0. The van der Waals surface area contributed by atoms with Crippen molar-refractivity contribution in [3.8, 4) is 0 Å². The van der Waals surface area contributed by atoms with Gasteiger partial charge in [-0.05, 0) is 19.5 Å². The molecule has 0 radical (unpaired) electrons. The molecule has 6 nitrogen and oxygen atoms in total. The predicted molar refractivity (Wildman–Crippen MR) is 78.5 cm³/mol. The van der Waals surface area contributed by atoms with E-state index in [1.165, 1.54) is 11.1 Å². The van der Waals surface area contributed by atoms with Crippen molar-refractivity contribution in [1.82, 2.24) is 4.90 Å². The fourth-order valence-electron chi connectivity index (χ4n) is 2.62. The molecule has 1 aliphatic rings. The molecule has 3 rings (SSSR count). The van der Waals surface area contributed by atoms with Crippen LogP contribution in [-0.2, 0) is 0 Å². The highest BCUT2D eigenvalue weighted by molar-refractivity contribution is 6.02. The fraction of sp³-hybridized carbons (Fsp3) is 0.235. The molecule has 0 aliphatic carbocycles. The summed E-state index contributed by atoms with van der Waals surface area (Å²) in [4.78, 5) is 14.6.